The Hall–Kier alpha value is -3.59. The second kappa shape index (κ2) is 11.0. The Bertz CT molecular complexity index is 1220. The Morgan fingerprint density at radius 2 is 1.89 bits per heavy atom. The first-order chi connectivity index (χ1) is 17.2. The van der Waals surface area contributed by atoms with E-state index in [1.165, 1.54) is 25.7 Å². The van der Waals surface area contributed by atoms with E-state index in [1.54, 1.807) is 26.1 Å². The molecule has 2 aromatic heterocycles. The summed E-state index contributed by atoms with van der Waals surface area (Å²) in [4.78, 5) is 32.4. The number of carbonyl (C=O) groups is 2. The van der Waals surface area contributed by atoms with Gasteiger partial charge in [0, 0.05) is 24.7 Å². The first-order valence-electron chi connectivity index (χ1n) is 12.5. The lowest BCUT2D eigenvalue weighted by molar-refractivity contribution is -0.117. The monoisotopic (exact) mass is 490 g/mol. The van der Waals surface area contributed by atoms with E-state index in [-0.39, 0.29) is 18.2 Å². The topological polar surface area (TPSA) is 133 Å². The minimum absolute atomic E-state index is 0.158. The molecule has 190 valence electrons. The fourth-order valence-corrected chi connectivity index (χ4v) is 4.47. The van der Waals surface area contributed by atoms with Crippen LogP contribution >= 0.6 is 0 Å². The number of anilines is 2. The molecule has 36 heavy (non-hydrogen) atoms. The standard InChI is InChI=1S/C27H34N6O3/c1-17-8-9-20(29-24(34)10-12-27(2,3)36)16-21(17)19-11-13-28-22(15-19)31-26(35)25-30-23(32-33-25)14-18-6-4-5-7-18/h8-9,11,13,15-16,18,36H,4-7,10,12,14H2,1-3H3,(H,29,34)(H,28,31,35)(H,30,32,33). The molecule has 0 radical (unpaired) electrons. The van der Waals surface area contributed by atoms with Gasteiger partial charge in [0.15, 0.2) is 0 Å². The van der Waals surface area contributed by atoms with E-state index in [0.29, 0.717) is 23.8 Å². The van der Waals surface area contributed by atoms with Gasteiger partial charge in [-0.05, 0) is 74.1 Å². The molecule has 1 aliphatic carbocycles. The van der Waals surface area contributed by atoms with E-state index >= 15 is 0 Å². The van der Waals surface area contributed by atoms with Gasteiger partial charge in [0.05, 0.1) is 5.60 Å². The number of nitrogens with zero attached hydrogens (tertiary/aromatic N) is 3. The number of aromatic nitrogens is 4. The summed E-state index contributed by atoms with van der Waals surface area (Å²) in [6.07, 6.45) is 7.95. The number of benzene rings is 1. The van der Waals surface area contributed by atoms with E-state index in [2.05, 4.69) is 30.8 Å². The van der Waals surface area contributed by atoms with Crippen LogP contribution in [-0.4, -0.2) is 42.7 Å². The van der Waals surface area contributed by atoms with Gasteiger partial charge in [-0.2, -0.15) is 0 Å². The third-order valence-corrected chi connectivity index (χ3v) is 6.50. The zero-order chi connectivity index (χ0) is 25.7. The zero-order valence-electron chi connectivity index (χ0n) is 21.1. The summed E-state index contributed by atoms with van der Waals surface area (Å²) >= 11 is 0. The molecule has 1 aliphatic rings. The first kappa shape index (κ1) is 25.5. The van der Waals surface area contributed by atoms with E-state index in [1.807, 2.05) is 31.2 Å². The Balaban J connectivity index is 1.43. The van der Waals surface area contributed by atoms with Crippen molar-refractivity contribution in [2.75, 3.05) is 10.6 Å². The number of hydrogen-bond acceptors (Lipinski definition) is 6. The summed E-state index contributed by atoms with van der Waals surface area (Å²) < 4.78 is 0. The molecule has 0 saturated heterocycles. The maximum Gasteiger partial charge on any atom is 0.294 e. The lowest BCUT2D eigenvalue weighted by Gasteiger charge is -2.16. The van der Waals surface area contributed by atoms with Gasteiger partial charge in [-0.1, -0.05) is 31.7 Å². The van der Waals surface area contributed by atoms with Crippen LogP contribution < -0.4 is 10.6 Å². The van der Waals surface area contributed by atoms with E-state index in [0.717, 1.165) is 28.9 Å². The molecule has 2 heterocycles. The first-order valence-corrected chi connectivity index (χ1v) is 12.5. The van der Waals surface area contributed by atoms with Crippen LogP contribution in [0.4, 0.5) is 11.5 Å². The molecule has 0 spiro atoms. The minimum atomic E-state index is -0.892. The Labute approximate surface area is 211 Å². The average molecular weight is 491 g/mol. The van der Waals surface area contributed by atoms with Crippen molar-refractivity contribution in [2.45, 2.75) is 71.3 Å². The van der Waals surface area contributed by atoms with E-state index in [9.17, 15) is 14.7 Å². The zero-order valence-corrected chi connectivity index (χ0v) is 21.1. The third kappa shape index (κ3) is 6.97. The third-order valence-electron chi connectivity index (χ3n) is 6.50. The van der Waals surface area contributed by atoms with Gasteiger partial charge in [0.2, 0.25) is 11.7 Å². The molecule has 2 amide bonds. The lowest BCUT2D eigenvalue weighted by atomic mass is 10.00. The van der Waals surface area contributed by atoms with Crippen LogP contribution in [0.1, 0.15) is 74.4 Å². The second-order valence-electron chi connectivity index (χ2n) is 10.2. The molecule has 4 N–H and O–H groups in total. The molecule has 0 atom stereocenters. The predicted octanol–water partition coefficient (Wildman–Crippen LogP) is 4.65. The van der Waals surface area contributed by atoms with Gasteiger partial charge in [-0.15, -0.1) is 10.2 Å². The van der Waals surface area contributed by atoms with Crippen molar-refractivity contribution in [3.8, 4) is 11.1 Å². The number of rotatable bonds is 9. The van der Waals surface area contributed by atoms with Crippen molar-refractivity contribution >= 4 is 23.3 Å². The predicted molar refractivity (Wildman–Crippen MR) is 139 cm³/mol. The number of aryl methyl sites for hydroxylation is 1. The van der Waals surface area contributed by atoms with Crippen LogP contribution in [0.15, 0.2) is 36.5 Å². The molecule has 1 saturated carbocycles. The number of amides is 2. The summed E-state index contributed by atoms with van der Waals surface area (Å²) in [7, 11) is 0. The summed E-state index contributed by atoms with van der Waals surface area (Å²) in [5.41, 5.74) is 2.54. The highest BCUT2D eigenvalue weighted by atomic mass is 16.3. The highest BCUT2D eigenvalue weighted by molar-refractivity contribution is 6.01. The van der Waals surface area contributed by atoms with E-state index < -0.39 is 11.5 Å². The number of aliphatic hydroxyl groups is 1. The van der Waals surface area contributed by atoms with Crippen LogP contribution in [0.2, 0.25) is 0 Å². The van der Waals surface area contributed by atoms with Gasteiger partial charge in [-0.25, -0.2) is 4.98 Å². The van der Waals surface area contributed by atoms with Gasteiger partial charge < -0.3 is 20.7 Å². The van der Waals surface area contributed by atoms with Crippen LogP contribution in [-0.2, 0) is 11.2 Å². The van der Waals surface area contributed by atoms with Gasteiger partial charge in [0.25, 0.3) is 5.91 Å². The summed E-state index contributed by atoms with van der Waals surface area (Å²) in [6.45, 7) is 5.35. The molecule has 1 aromatic carbocycles. The summed E-state index contributed by atoms with van der Waals surface area (Å²) in [6, 6.07) is 9.31. The average Bonchev–Trinajstić information content (AvgIpc) is 3.51. The van der Waals surface area contributed by atoms with Crippen molar-refractivity contribution in [1.29, 1.82) is 0 Å². The van der Waals surface area contributed by atoms with Gasteiger partial charge >= 0.3 is 0 Å². The van der Waals surface area contributed by atoms with Crippen LogP contribution in [0, 0.1) is 12.8 Å². The lowest BCUT2D eigenvalue weighted by Crippen LogP contribution is -2.22. The maximum absolute atomic E-state index is 12.7. The van der Waals surface area contributed by atoms with Crippen molar-refractivity contribution < 1.29 is 14.7 Å². The molecule has 3 aromatic rings. The van der Waals surface area contributed by atoms with Crippen molar-refractivity contribution in [2.24, 2.45) is 5.92 Å². The smallest absolute Gasteiger partial charge is 0.294 e. The van der Waals surface area contributed by atoms with Gasteiger partial charge in [0.1, 0.15) is 11.6 Å². The molecular weight excluding hydrogens is 456 g/mol. The number of H-pyrrole nitrogens is 1. The molecule has 0 bridgehead atoms. The Morgan fingerprint density at radius 3 is 2.64 bits per heavy atom. The Morgan fingerprint density at radius 1 is 1.11 bits per heavy atom. The molecular formula is C27H34N6O3. The number of aromatic amines is 1. The van der Waals surface area contributed by atoms with Crippen LogP contribution in [0.5, 0.6) is 0 Å². The normalized spacial score (nSPS) is 14.1. The maximum atomic E-state index is 12.7. The highest BCUT2D eigenvalue weighted by Crippen LogP contribution is 2.29. The summed E-state index contributed by atoms with van der Waals surface area (Å²) in [5.74, 6) is 1.36. The number of hydrogen-bond donors (Lipinski definition) is 4. The van der Waals surface area contributed by atoms with Gasteiger partial charge in [-0.3, -0.25) is 9.59 Å². The van der Waals surface area contributed by atoms with E-state index in [4.69, 9.17) is 0 Å². The fraction of sp³-hybridized carbons (Fsp3) is 0.444. The number of carbonyl (C=O) groups excluding carboxylic acids is 2. The van der Waals surface area contributed by atoms with Crippen molar-refractivity contribution in [3.63, 3.8) is 0 Å². The minimum Gasteiger partial charge on any atom is -0.390 e. The highest BCUT2D eigenvalue weighted by Gasteiger charge is 2.19. The molecule has 0 aliphatic heterocycles. The number of pyridine rings is 1. The molecule has 1 fully saturated rings. The second-order valence-corrected chi connectivity index (χ2v) is 10.2. The fourth-order valence-electron chi connectivity index (χ4n) is 4.47. The quantitative estimate of drug-likeness (QED) is 0.345. The largest absolute Gasteiger partial charge is 0.390 e. The van der Waals surface area contributed by atoms with Crippen LogP contribution in [0.3, 0.4) is 0 Å². The van der Waals surface area contributed by atoms with Crippen molar-refractivity contribution in [3.05, 3.63) is 53.7 Å². The number of nitrogens with one attached hydrogen (secondary N) is 3. The molecule has 0 unspecified atom stereocenters. The summed E-state index contributed by atoms with van der Waals surface area (Å²) in [5, 5.41) is 23.7. The SMILES string of the molecule is Cc1ccc(NC(=O)CCC(C)(C)O)cc1-c1ccnc(NC(=O)c2nnc(CC3CCCC3)[nH]2)c1. The molecule has 9 nitrogen and oxygen atoms in total. The van der Waals surface area contributed by atoms with Crippen molar-refractivity contribution in [1.82, 2.24) is 20.2 Å². The van der Waals surface area contributed by atoms with Crippen LogP contribution in [0.25, 0.3) is 11.1 Å². The molecule has 4 rings (SSSR count). The Kier molecular flexibility index (Phi) is 7.79. The molecule has 9 heteroatoms.